The number of ether oxygens (including phenoxy) is 1. The molecular weight excluding hydrogens is 555 g/mol. The highest BCUT2D eigenvalue weighted by Gasteiger charge is 2.40. The number of nitrogens with one attached hydrogen (secondary N) is 1. The Labute approximate surface area is 249 Å². The van der Waals surface area contributed by atoms with E-state index in [9.17, 15) is 10.1 Å². The van der Waals surface area contributed by atoms with Gasteiger partial charge < -0.3 is 10.1 Å². The predicted molar refractivity (Wildman–Crippen MR) is 157 cm³/mol. The number of benzene rings is 1. The van der Waals surface area contributed by atoms with Crippen molar-refractivity contribution in [2.45, 2.75) is 95.1 Å². The summed E-state index contributed by atoms with van der Waals surface area (Å²) in [6.45, 7) is 2.90. The maximum Gasteiger partial charge on any atom is 0.276 e. The van der Waals surface area contributed by atoms with Crippen LogP contribution in [-0.2, 0) is 22.6 Å². The van der Waals surface area contributed by atoms with E-state index in [2.05, 4.69) is 21.4 Å². The molecule has 228 valence electrons. The third kappa shape index (κ3) is 5.64. The molecule has 1 aromatic carbocycles. The minimum atomic E-state index is -3.27. The Balaban J connectivity index is 1.46. The quantitative estimate of drug-likeness (QED) is 0.322. The van der Waals surface area contributed by atoms with E-state index >= 15 is 13.2 Å². The summed E-state index contributed by atoms with van der Waals surface area (Å²) in [7, 11) is 0. The van der Waals surface area contributed by atoms with E-state index < -0.39 is 28.8 Å². The van der Waals surface area contributed by atoms with Gasteiger partial charge in [0.25, 0.3) is 11.5 Å². The average Bonchev–Trinajstić information content (AvgIpc) is 2.98. The molecule has 8 bridgehead atoms. The van der Waals surface area contributed by atoms with Crippen molar-refractivity contribution in [3.8, 4) is 6.07 Å². The number of aryl methyl sites for hydroxylation is 1. The average molecular weight is 594 g/mol. The lowest BCUT2D eigenvalue weighted by Crippen LogP contribution is -2.39. The number of aromatic nitrogens is 3. The number of pyridine rings is 1. The number of fused-ring (bicyclic) bond motifs is 7. The third-order valence-electron chi connectivity index (χ3n) is 9.90. The van der Waals surface area contributed by atoms with Crippen LogP contribution in [0.2, 0.25) is 0 Å². The van der Waals surface area contributed by atoms with E-state index in [1.54, 1.807) is 17.6 Å². The molecular formula is C33H38F3N5O2. The van der Waals surface area contributed by atoms with Crippen molar-refractivity contribution in [3.63, 3.8) is 0 Å². The molecule has 0 radical (unpaired) electrons. The topological polar surface area (TPSA) is 92.8 Å². The second kappa shape index (κ2) is 11.9. The molecule has 0 unspecified atom stereocenters. The maximum atomic E-state index is 15.8. The molecule has 1 atom stereocenters. The molecule has 3 aliphatic heterocycles. The van der Waals surface area contributed by atoms with Crippen LogP contribution in [0.25, 0.3) is 11.0 Å². The first-order valence-corrected chi connectivity index (χ1v) is 15.5. The van der Waals surface area contributed by atoms with Gasteiger partial charge in [0, 0.05) is 37.3 Å². The Hall–Kier alpha value is -3.45. The molecule has 5 heterocycles. The van der Waals surface area contributed by atoms with Crippen LogP contribution in [0.15, 0.2) is 35.4 Å². The standard InChI is InChI=1S/C33H38F3N5O2/c1-21-24-7-5-8-26(28(24)34)33(35,36)10-9-23-16-22(17-23)6-3-2-4-13-41-30-25(29(40-21)38-20-39-30)18-27(31(41)42)32(19-37)11-14-43-15-12-32/h5,7-8,18,20-23H,2-4,6,9-17H2,1H3,(H,38,39,40)/t21-,22?,23?/m1/s1. The second-order valence-electron chi connectivity index (χ2n) is 12.7. The lowest BCUT2D eigenvalue weighted by Gasteiger charge is -2.36. The van der Waals surface area contributed by atoms with E-state index in [4.69, 9.17) is 4.74 Å². The zero-order chi connectivity index (χ0) is 30.2. The van der Waals surface area contributed by atoms with Gasteiger partial charge in [-0.2, -0.15) is 5.26 Å². The Morgan fingerprint density at radius 3 is 2.58 bits per heavy atom. The zero-order valence-electron chi connectivity index (χ0n) is 24.6. The molecule has 0 amide bonds. The predicted octanol–water partition coefficient (Wildman–Crippen LogP) is 7.15. The van der Waals surface area contributed by atoms with Gasteiger partial charge in [-0.15, -0.1) is 0 Å². The van der Waals surface area contributed by atoms with Gasteiger partial charge in [0.05, 0.1) is 28.5 Å². The van der Waals surface area contributed by atoms with Crippen LogP contribution in [0.3, 0.4) is 0 Å². The molecule has 2 fully saturated rings. The number of rotatable bonds is 1. The molecule has 2 aromatic heterocycles. The van der Waals surface area contributed by atoms with Crippen molar-refractivity contribution in [2.24, 2.45) is 11.8 Å². The molecule has 3 aromatic rings. The first-order chi connectivity index (χ1) is 20.7. The van der Waals surface area contributed by atoms with Crippen LogP contribution in [0.1, 0.15) is 93.9 Å². The highest BCUT2D eigenvalue weighted by atomic mass is 19.3. The number of alkyl halides is 2. The fourth-order valence-corrected chi connectivity index (χ4v) is 7.20. The molecule has 1 aliphatic carbocycles. The Morgan fingerprint density at radius 2 is 1.81 bits per heavy atom. The minimum absolute atomic E-state index is 0.105. The highest BCUT2D eigenvalue weighted by molar-refractivity contribution is 5.87. The van der Waals surface area contributed by atoms with Crippen LogP contribution in [-0.4, -0.2) is 27.7 Å². The summed E-state index contributed by atoms with van der Waals surface area (Å²) < 4.78 is 53.6. The molecule has 1 saturated carbocycles. The molecule has 1 saturated heterocycles. The number of hydrogen-bond acceptors (Lipinski definition) is 6. The number of nitriles is 1. The van der Waals surface area contributed by atoms with Gasteiger partial charge in [-0.05, 0) is 63.4 Å². The van der Waals surface area contributed by atoms with Gasteiger partial charge >= 0.3 is 0 Å². The normalized spacial score (nSPS) is 25.7. The third-order valence-corrected chi connectivity index (χ3v) is 9.90. The summed E-state index contributed by atoms with van der Waals surface area (Å²) in [5, 5.41) is 14.1. The van der Waals surface area contributed by atoms with Crippen molar-refractivity contribution < 1.29 is 17.9 Å². The zero-order valence-corrected chi connectivity index (χ0v) is 24.6. The summed E-state index contributed by atoms with van der Waals surface area (Å²) >= 11 is 0. The number of hydrogen-bond donors (Lipinski definition) is 1. The second-order valence-corrected chi connectivity index (χ2v) is 12.7. The maximum absolute atomic E-state index is 15.8. The van der Waals surface area contributed by atoms with Gasteiger partial charge in [0.1, 0.15) is 23.6 Å². The highest BCUT2D eigenvalue weighted by Crippen LogP contribution is 2.44. The van der Waals surface area contributed by atoms with E-state index in [1.165, 1.54) is 24.5 Å². The lowest BCUT2D eigenvalue weighted by atomic mass is 9.70. The molecule has 7 rings (SSSR count). The molecule has 10 heteroatoms. The van der Waals surface area contributed by atoms with Crippen molar-refractivity contribution in [2.75, 3.05) is 18.5 Å². The summed E-state index contributed by atoms with van der Waals surface area (Å²) in [4.78, 5) is 22.9. The van der Waals surface area contributed by atoms with Crippen molar-refractivity contribution in [3.05, 3.63) is 63.5 Å². The summed E-state index contributed by atoms with van der Waals surface area (Å²) in [6.07, 6.45) is 7.75. The fourth-order valence-electron chi connectivity index (χ4n) is 7.20. The van der Waals surface area contributed by atoms with E-state index in [-0.39, 0.29) is 23.5 Å². The SMILES string of the molecule is C[C@H]1Nc2ncnc3c2cc(C2(C#N)CCOCC2)c(=O)n3CCCCCC2CC(CCC(F)(F)c3cccc1c3F)C2. The number of anilines is 1. The number of nitrogens with zero attached hydrogens (tertiary/aromatic N) is 4. The van der Waals surface area contributed by atoms with Crippen molar-refractivity contribution >= 4 is 16.9 Å². The fraction of sp³-hybridized carbons (Fsp3) is 0.576. The lowest BCUT2D eigenvalue weighted by molar-refractivity contribution is -0.0288. The van der Waals surface area contributed by atoms with Crippen LogP contribution >= 0.6 is 0 Å². The van der Waals surface area contributed by atoms with Crippen LogP contribution < -0.4 is 10.9 Å². The molecule has 4 aliphatic rings. The van der Waals surface area contributed by atoms with Gasteiger partial charge in [-0.3, -0.25) is 9.36 Å². The summed E-state index contributed by atoms with van der Waals surface area (Å²) in [5.41, 5.74) is -0.914. The smallest absolute Gasteiger partial charge is 0.276 e. The summed E-state index contributed by atoms with van der Waals surface area (Å²) in [6, 6.07) is 7.55. The largest absolute Gasteiger partial charge is 0.381 e. The molecule has 7 nitrogen and oxygen atoms in total. The number of halogens is 3. The minimum Gasteiger partial charge on any atom is -0.381 e. The molecule has 0 spiro atoms. The van der Waals surface area contributed by atoms with Crippen molar-refractivity contribution in [1.29, 1.82) is 5.26 Å². The van der Waals surface area contributed by atoms with Crippen LogP contribution in [0.4, 0.5) is 19.0 Å². The summed E-state index contributed by atoms with van der Waals surface area (Å²) in [5.74, 6) is -3.06. The first kappa shape index (κ1) is 29.6. The van der Waals surface area contributed by atoms with E-state index in [0.29, 0.717) is 67.4 Å². The molecule has 1 N–H and O–H groups in total. The van der Waals surface area contributed by atoms with Crippen molar-refractivity contribution in [1.82, 2.24) is 14.5 Å². The first-order valence-electron chi connectivity index (χ1n) is 15.5. The van der Waals surface area contributed by atoms with Gasteiger partial charge in [-0.25, -0.2) is 23.1 Å². The molecule has 43 heavy (non-hydrogen) atoms. The van der Waals surface area contributed by atoms with E-state index in [1.807, 2.05) is 0 Å². The van der Waals surface area contributed by atoms with E-state index in [0.717, 1.165) is 38.5 Å². The Kier molecular flexibility index (Phi) is 8.20. The van der Waals surface area contributed by atoms with Crippen LogP contribution in [0.5, 0.6) is 0 Å². The van der Waals surface area contributed by atoms with Gasteiger partial charge in [0.2, 0.25) is 0 Å². The van der Waals surface area contributed by atoms with Crippen LogP contribution in [0, 0.1) is 29.0 Å². The van der Waals surface area contributed by atoms with Gasteiger partial charge in [-0.1, -0.05) is 37.5 Å². The van der Waals surface area contributed by atoms with Gasteiger partial charge in [0.15, 0.2) is 0 Å². The Bertz CT molecular complexity index is 1590. The monoisotopic (exact) mass is 593 g/mol. The Morgan fingerprint density at radius 1 is 1.05 bits per heavy atom.